The van der Waals surface area contributed by atoms with E-state index in [2.05, 4.69) is 53.3 Å². The number of morpholine rings is 1. The van der Waals surface area contributed by atoms with Crippen molar-refractivity contribution in [3.63, 3.8) is 0 Å². The summed E-state index contributed by atoms with van der Waals surface area (Å²) in [5, 5.41) is 6.77. The van der Waals surface area contributed by atoms with Gasteiger partial charge in [0.25, 0.3) is 0 Å². The van der Waals surface area contributed by atoms with Crippen molar-refractivity contribution in [1.82, 2.24) is 20.4 Å². The van der Waals surface area contributed by atoms with Crippen LogP contribution in [-0.4, -0.2) is 87.9 Å². The van der Waals surface area contributed by atoms with E-state index in [9.17, 15) is 0 Å². The monoisotopic (exact) mass is 419 g/mol. The molecule has 0 spiro atoms. The van der Waals surface area contributed by atoms with E-state index in [0.717, 1.165) is 90.3 Å². The molecule has 0 saturated carbocycles. The number of hydrogen-bond donors (Lipinski definition) is 2. The molecule has 0 radical (unpaired) electrons. The van der Waals surface area contributed by atoms with Crippen LogP contribution in [0.15, 0.2) is 29.3 Å². The van der Waals surface area contributed by atoms with Gasteiger partial charge in [-0.15, -0.1) is 0 Å². The Morgan fingerprint density at radius 2 is 1.83 bits per heavy atom. The molecule has 0 unspecified atom stereocenters. The average molecular weight is 420 g/mol. The largest absolute Gasteiger partial charge is 0.492 e. The second-order valence-corrected chi connectivity index (χ2v) is 7.45. The van der Waals surface area contributed by atoms with Gasteiger partial charge in [0.2, 0.25) is 0 Å². The lowest BCUT2D eigenvalue weighted by molar-refractivity contribution is 0.0376. The Morgan fingerprint density at radius 3 is 2.50 bits per heavy atom. The second kappa shape index (κ2) is 15.0. The van der Waals surface area contributed by atoms with Crippen LogP contribution in [0.4, 0.5) is 0 Å². The van der Waals surface area contributed by atoms with Crippen molar-refractivity contribution in [2.75, 3.05) is 72.2 Å². The summed E-state index contributed by atoms with van der Waals surface area (Å²) in [5.74, 6) is 1.79. The summed E-state index contributed by atoms with van der Waals surface area (Å²) in [6, 6.07) is 8.27. The van der Waals surface area contributed by atoms with Crippen molar-refractivity contribution in [2.45, 2.75) is 33.7 Å². The predicted octanol–water partition coefficient (Wildman–Crippen LogP) is 2.18. The number of ether oxygens (including phenoxy) is 2. The van der Waals surface area contributed by atoms with E-state index in [1.165, 1.54) is 5.56 Å². The van der Waals surface area contributed by atoms with E-state index >= 15 is 0 Å². The SMILES string of the molecule is CCNC(=NCc1ccc(OCCN(CC)CC)cc1)NCCCN1CCOCC1. The van der Waals surface area contributed by atoms with E-state index in [4.69, 9.17) is 14.5 Å². The maximum atomic E-state index is 5.86. The first-order valence-electron chi connectivity index (χ1n) is 11.5. The first-order valence-corrected chi connectivity index (χ1v) is 11.5. The minimum atomic E-state index is 0.651. The van der Waals surface area contributed by atoms with Crippen molar-refractivity contribution in [2.24, 2.45) is 4.99 Å². The van der Waals surface area contributed by atoms with E-state index in [0.29, 0.717) is 6.54 Å². The highest BCUT2D eigenvalue weighted by molar-refractivity contribution is 5.79. The lowest BCUT2D eigenvalue weighted by atomic mass is 10.2. The van der Waals surface area contributed by atoms with Gasteiger partial charge in [0.15, 0.2) is 5.96 Å². The van der Waals surface area contributed by atoms with Crippen molar-refractivity contribution in [3.8, 4) is 5.75 Å². The third-order valence-electron chi connectivity index (χ3n) is 5.31. The zero-order valence-electron chi connectivity index (χ0n) is 19.2. The molecule has 1 heterocycles. The summed E-state index contributed by atoms with van der Waals surface area (Å²) in [6.45, 7) is 17.6. The third kappa shape index (κ3) is 9.78. The Morgan fingerprint density at radius 1 is 1.10 bits per heavy atom. The third-order valence-corrected chi connectivity index (χ3v) is 5.31. The number of benzene rings is 1. The zero-order valence-corrected chi connectivity index (χ0v) is 19.2. The molecule has 7 nitrogen and oxygen atoms in total. The number of likely N-dealkylation sites (N-methyl/N-ethyl adjacent to an activating group) is 1. The highest BCUT2D eigenvalue weighted by Gasteiger charge is 2.09. The van der Waals surface area contributed by atoms with Gasteiger partial charge in [0.1, 0.15) is 12.4 Å². The summed E-state index contributed by atoms with van der Waals surface area (Å²) >= 11 is 0. The van der Waals surface area contributed by atoms with Gasteiger partial charge in [-0.25, -0.2) is 4.99 Å². The normalized spacial score (nSPS) is 15.4. The first kappa shape index (κ1) is 24.4. The van der Waals surface area contributed by atoms with Gasteiger partial charge >= 0.3 is 0 Å². The molecule has 170 valence electrons. The van der Waals surface area contributed by atoms with Crippen LogP contribution in [0, 0.1) is 0 Å². The molecule has 1 fully saturated rings. The quantitative estimate of drug-likeness (QED) is 0.290. The predicted molar refractivity (Wildman–Crippen MR) is 124 cm³/mol. The molecule has 0 aromatic heterocycles. The van der Waals surface area contributed by atoms with Crippen molar-refractivity contribution in [3.05, 3.63) is 29.8 Å². The molecule has 0 amide bonds. The van der Waals surface area contributed by atoms with Gasteiger partial charge in [0, 0.05) is 32.7 Å². The fourth-order valence-corrected chi connectivity index (χ4v) is 3.37. The van der Waals surface area contributed by atoms with E-state index in [-0.39, 0.29) is 0 Å². The molecule has 7 heteroatoms. The highest BCUT2D eigenvalue weighted by Crippen LogP contribution is 2.13. The van der Waals surface area contributed by atoms with Crippen LogP contribution in [-0.2, 0) is 11.3 Å². The molecular weight excluding hydrogens is 378 g/mol. The van der Waals surface area contributed by atoms with Crippen LogP contribution in [0.3, 0.4) is 0 Å². The molecule has 0 bridgehead atoms. The molecule has 1 aliphatic heterocycles. The maximum absolute atomic E-state index is 5.86. The van der Waals surface area contributed by atoms with Crippen molar-refractivity contribution >= 4 is 5.96 Å². The molecule has 0 atom stereocenters. The van der Waals surface area contributed by atoms with Crippen molar-refractivity contribution < 1.29 is 9.47 Å². The number of guanidine groups is 1. The van der Waals surface area contributed by atoms with Crippen LogP contribution < -0.4 is 15.4 Å². The summed E-state index contributed by atoms with van der Waals surface area (Å²) in [4.78, 5) is 9.54. The molecule has 1 saturated heterocycles. The maximum Gasteiger partial charge on any atom is 0.191 e. The van der Waals surface area contributed by atoms with Gasteiger partial charge in [-0.05, 0) is 50.7 Å². The fraction of sp³-hybridized carbons (Fsp3) is 0.696. The average Bonchev–Trinajstić information content (AvgIpc) is 2.79. The topological polar surface area (TPSA) is 61.4 Å². The van der Waals surface area contributed by atoms with Crippen LogP contribution >= 0.6 is 0 Å². The molecule has 1 aromatic carbocycles. The Bertz CT molecular complexity index is 584. The summed E-state index contributed by atoms with van der Waals surface area (Å²) < 4.78 is 11.3. The number of nitrogens with one attached hydrogen (secondary N) is 2. The van der Waals surface area contributed by atoms with Gasteiger partial charge in [-0.3, -0.25) is 4.90 Å². The number of nitrogens with zero attached hydrogens (tertiary/aromatic N) is 3. The molecule has 30 heavy (non-hydrogen) atoms. The highest BCUT2D eigenvalue weighted by atomic mass is 16.5. The molecule has 0 aliphatic carbocycles. The molecule has 2 rings (SSSR count). The van der Waals surface area contributed by atoms with E-state index in [1.54, 1.807) is 0 Å². The van der Waals surface area contributed by atoms with Crippen LogP contribution in [0.1, 0.15) is 32.8 Å². The minimum absolute atomic E-state index is 0.651. The molecule has 1 aromatic rings. The van der Waals surface area contributed by atoms with Gasteiger partial charge < -0.3 is 25.0 Å². The Kier molecular flexibility index (Phi) is 12.3. The van der Waals surface area contributed by atoms with Crippen LogP contribution in [0.25, 0.3) is 0 Å². The van der Waals surface area contributed by atoms with Gasteiger partial charge in [-0.2, -0.15) is 0 Å². The lowest BCUT2D eigenvalue weighted by Gasteiger charge is -2.26. The Labute approximate surface area is 182 Å². The number of aliphatic imine (C=N–C) groups is 1. The lowest BCUT2D eigenvalue weighted by Crippen LogP contribution is -2.40. The Hall–Kier alpha value is -1.83. The summed E-state index contributed by atoms with van der Waals surface area (Å²) in [5.41, 5.74) is 1.18. The van der Waals surface area contributed by atoms with Gasteiger partial charge in [0.05, 0.1) is 19.8 Å². The summed E-state index contributed by atoms with van der Waals surface area (Å²) in [6.07, 6.45) is 1.10. The zero-order chi connectivity index (χ0) is 21.4. The molecule has 1 aliphatic rings. The van der Waals surface area contributed by atoms with E-state index < -0.39 is 0 Å². The smallest absolute Gasteiger partial charge is 0.191 e. The van der Waals surface area contributed by atoms with E-state index in [1.807, 2.05) is 12.1 Å². The molecule has 2 N–H and O–H groups in total. The summed E-state index contributed by atoms with van der Waals surface area (Å²) in [7, 11) is 0. The molecular formula is C23H41N5O2. The van der Waals surface area contributed by atoms with Crippen LogP contribution in [0.2, 0.25) is 0 Å². The number of rotatable bonds is 13. The Balaban J connectivity index is 1.70. The van der Waals surface area contributed by atoms with Crippen molar-refractivity contribution in [1.29, 1.82) is 0 Å². The fourth-order valence-electron chi connectivity index (χ4n) is 3.37. The minimum Gasteiger partial charge on any atom is -0.492 e. The standard InChI is InChI=1S/C23H41N5O2/c1-4-24-23(25-12-7-13-28-14-17-29-18-15-28)26-20-21-8-10-22(11-9-21)30-19-16-27(5-2)6-3/h8-11H,4-7,12-20H2,1-3H3,(H2,24,25,26). The first-order chi connectivity index (χ1) is 14.7. The van der Waals surface area contributed by atoms with Gasteiger partial charge in [-0.1, -0.05) is 26.0 Å². The second-order valence-electron chi connectivity index (χ2n) is 7.45. The number of hydrogen-bond acceptors (Lipinski definition) is 5. The van der Waals surface area contributed by atoms with Crippen LogP contribution in [0.5, 0.6) is 5.75 Å².